The van der Waals surface area contributed by atoms with E-state index in [0.29, 0.717) is 32.0 Å². The van der Waals surface area contributed by atoms with Crippen LogP contribution in [0.4, 0.5) is 0 Å². The lowest BCUT2D eigenvalue weighted by atomic mass is 10.1. The number of halogens is 3. The first-order chi connectivity index (χ1) is 14.2. The Morgan fingerprint density at radius 2 is 1.77 bits per heavy atom. The number of nitrogens with zero attached hydrogens (tertiary/aromatic N) is 2. The highest BCUT2D eigenvalue weighted by atomic mass is 35.5. The zero-order valence-corrected chi connectivity index (χ0v) is 17.9. The Morgan fingerprint density at radius 1 is 1.13 bits per heavy atom. The molecule has 0 fully saturated rings. The third-order valence-corrected chi connectivity index (χ3v) is 4.99. The number of carbonyl (C=O) groups is 2. The van der Waals surface area contributed by atoms with E-state index >= 15 is 0 Å². The second kappa shape index (κ2) is 9.06. The van der Waals surface area contributed by atoms with Crippen molar-refractivity contribution in [2.24, 2.45) is 5.73 Å². The second-order valence-corrected chi connectivity index (χ2v) is 7.68. The Balaban J connectivity index is 2.11. The Hall–Kier alpha value is -2.58. The van der Waals surface area contributed by atoms with Crippen LogP contribution in [0.3, 0.4) is 0 Å². The molecule has 0 aliphatic carbocycles. The van der Waals surface area contributed by atoms with E-state index in [9.17, 15) is 14.7 Å². The van der Waals surface area contributed by atoms with Gasteiger partial charge >= 0.3 is 5.97 Å². The number of aliphatic hydroxyl groups excluding tert-OH is 1. The standard InChI is InChI=1S/C20H16Cl3N3O4/c1-10-18(11-2-4-12(21)5-3-11)26(15-7-6-13(22)8-14(15)23)25-19(10)30-20(29)16(27)9-17(24)28/h2-8,16,27H,9H2,1H3,(H2,24,28). The molecule has 7 nitrogen and oxygen atoms in total. The molecule has 1 amide bonds. The van der Waals surface area contributed by atoms with Crippen LogP contribution in [0.15, 0.2) is 42.5 Å². The minimum absolute atomic E-state index is 0.0560. The molecule has 3 N–H and O–H groups in total. The molecule has 1 atom stereocenters. The van der Waals surface area contributed by atoms with Crippen LogP contribution in [0.25, 0.3) is 16.9 Å². The monoisotopic (exact) mass is 467 g/mol. The molecule has 0 saturated heterocycles. The van der Waals surface area contributed by atoms with E-state index < -0.39 is 24.4 Å². The summed E-state index contributed by atoms with van der Waals surface area (Å²) in [5.74, 6) is -1.94. The molecule has 0 radical (unpaired) electrons. The molecule has 156 valence electrons. The molecule has 1 aromatic heterocycles. The molecule has 1 unspecified atom stereocenters. The SMILES string of the molecule is Cc1c(OC(=O)C(O)CC(N)=O)nn(-c2ccc(Cl)cc2Cl)c1-c1ccc(Cl)cc1. The number of aliphatic hydroxyl groups is 1. The number of amides is 1. The fourth-order valence-corrected chi connectivity index (χ4v) is 3.40. The molecular formula is C20H16Cl3N3O4. The van der Waals surface area contributed by atoms with E-state index in [1.165, 1.54) is 4.68 Å². The molecule has 0 aliphatic heterocycles. The lowest BCUT2D eigenvalue weighted by molar-refractivity contribution is -0.146. The molecule has 2 aromatic carbocycles. The van der Waals surface area contributed by atoms with Gasteiger partial charge in [-0.05, 0) is 37.3 Å². The highest BCUT2D eigenvalue weighted by molar-refractivity contribution is 6.35. The van der Waals surface area contributed by atoms with Crippen molar-refractivity contribution < 1.29 is 19.4 Å². The number of esters is 1. The zero-order chi connectivity index (χ0) is 22.0. The number of carbonyl (C=O) groups excluding carboxylic acids is 2. The van der Waals surface area contributed by atoms with Crippen molar-refractivity contribution in [2.45, 2.75) is 19.4 Å². The van der Waals surface area contributed by atoms with Crippen molar-refractivity contribution in [2.75, 3.05) is 0 Å². The fourth-order valence-electron chi connectivity index (χ4n) is 2.78. The van der Waals surface area contributed by atoms with Crippen LogP contribution in [0.5, 0.6) is 5.88 Å². The zero-order valence-electron chi connectivity index (χ0n) is 15.6. The number of benzene rings is 2. The molecular weight excluding hydrogens is 453 g/mol. The fraction of sp³-hybridized carbons (Fsp3) is 0.150. The van der Waals surface area contributed by atoms with Crippen LogP contribution in [0.2, 0.25) is 15.1 Å². The summed E-state index contributed by atoms with van der Waals surface area (Å²) in [6, 6.07) is 11.8. The second-order valence-electron chi connectivity index (χ2n) is 6.40. The molecule has 3 rings (SSSR count). The maximum Gasteiger partial charge on any atom is 0.342 e. The van der Waals surface area contributed by atoms with Crippen molar-refractivity contribution in [3.05, 3.63) is 63.1 Å². The number of ether oxygens (including phenoxy) is 1. The van der Waals surface area contributed by atoms with Gasteiger partial charge in [0.2, 0.25) is 11.8 Å². The van der Waals surface area contributed by atoms with Gasteiger partial charge < -0.3 is 15.6 Å². The van der Waals surface area contributed by atoms with E-state index in [2.05, 4.69) is 5.10 Å². The van der Waals surface area contributed by atoms with Gasteiger partial charge in [-0.15, -0.1) is 5.10 Å². The van der Waals surface area contributed by atoms with Gasteiger partial charge in [-0.25, -0.2) is 9.48 Å². The van der Waals surface area contributed by atoms with Gasteiger partial charge in [-0.3, -0.25) is 4.79 Å². The maximum atomic E-state index is 12.2. The van der Waals surface area contributed by atoms with Crippen LogP contribution >= 0.6 is 34.8 Å². The number of rotatable bonds is 6. The quantitative estimate of drug-likeness (QED) is 0.533. The van der Waals surface area contributed by atoms with Crippen LogP contribution in [-0.4, -0.2) is 32.9 Å². The number of hydrogen-bond acceptors (Lipinski definition) is 5. The molecule has 30 heavy (non-hydrogen) atoms. The van der Waals surface area contributed by atoms with Gasteiger partial charge in [-0.1, -0.05) is 46.9 Å². The summed E-state index contributed by atoms with van der Waals surface area (Å²) < 4.78 is 6.74. The summed E-state index contributed by atoms with van der Waals surface area (Å²) in [5.41, 5.74) is 7.33. The predicted octanol–water partition coefficient (Wildman–Crippen LogP) is 3.95. The Kier molecular flexibility index (Phi) is 6.67. The first-order valence-electron chi connectivity index (χ1n) is 8.66. The summed E-state index contributed by atoms with van der Waals surface area (Å²) in [4.78, 5) is 23.1. The van der Waals surface area contributed by atoms with E-state index in [1.54, 1.807) is 49.4 Å². The summed E-state index contributed by atoms with van der Waals surface area (Å²) in [6.45, 7) is 1.69. The number of nitrogens with two attached hydrogens (primary N) is 1. The third kappa shape index (κ3) is 4.76. The van der Waals surface area contributed by atoms with Gasteiger partial charge in [-0.2, -0.15) is 0 Å². The van der Waals surface area contributed by atoms with Gasteiger partial charge in [0.05, 0.1) is 22.8 Å². The molecule has 10 heteroatoms. The first kappa shape index (κ1) is 22.1. The third-order valence-electron chi connectivity index (χ3n) is 4.20. The van der Waals surface area contributed by atoms with Crippen LogP contribution in [0.1, 0.15) is 12.0 Å². The summed E-state index contributed by atoms with van der Waals surface area (Å²) >= 11 is 18.4. The van der Waals surface area contributed by atoms with E-state index in [4.69, 9.17) is 45.3 Å². The van der Waals surface area contributed by atoms with Gasteiger partial charge in [0.15, 0.2) is 6.10 Å². The average molecular weight is 469 g/mol. The molecule has 0 aliphatic rings. The molecule has 0 saturated carbocycles. The van der Waals surface area contributed by atoms with Crippen molar-refractivity contribution in [3.8, 4) is 22.8 Å². The Labute approximate surface area is 186 Å². The van der Waals surface area contributed by atoms with Crippen molar-refractivity contribution >= 4 is 46.7 Å². The minimum Gasteiger partial charge on any atom is -0.404 e. The largest absolute Gasteiger partial charge is 0.404 e. The highest BCUT2D eigenvalue weighted by Gasteiger charge is 2.25. The van der Waals surface area contributed by atoms with E-state index in [1.807, 2.05) is 0 Å². The number of hydrogen-bond donors (Lipinski definition) is 2. The molecule has 0 spiro atoms. The van der Waals surface area contributed by atoms with Crippen LogP contribution in [-0.2, 0) is 9.59 Å². The Morgan fingerprint density at radius 3 is 2.37 bits per heavy atom. The predicted molar refractivity (Wildman–Crippen MR) is 114 cm³/mol. The lowest BCUT2D eigenvalue weighted by Crippen LogP contribution is -2.30. The van der Waals surface area contributed by atoms with E-state index in [-0.39, 0.29) is 5.88 Å². The van der Waals surface area contributed by atoms with Crippen LogP contribution in [0, 0.1) is 6.92 Å². The summed E-state index contributed by atoms with van der Waals surface area (Å²) in [7, 11) is 0. The van der Waals surface area contributed by atoms with Gasteiger partial charge in [0, 0.05) is 21.2 Å². The van der Waals surface area contributed by atoms with Crippen molar-refractivity contribution in [1.29, 1.82) is 0 Å². The first-order valence-corrected chi connectivity index (χ1v) is 9.79. The van der Waals surface area contributed by atoms with Gasteiger partial charge in [0.25, 0.3) is 0 Å². The van der Waals surface area contributed by atoms with Crippen molar-refractivity contribution in [3.63, 3.8) is 0 Å². The average Bonchev–Trinajstić information content (AvgIpc) is 2.98. The normalized spacial score (nSPS) is 11.9. The summed E-state index contributed by atoms with van der Waals surface area (Å²) in [6.07, 6.45) is -2.27. The van der Waals surface area contributed by atoms with E-state index in [0.717, 1.165) is 5.56 Å². The minimum atomic E-state index is -1.70. The molecule has 0 bridgehead atoms. The highest BCUT2D eigenvalue weighted by Crippen LogP contribution is 2.35. The van der Waals surface area contributed by atoms with Crippen LogP contribution < -0.4 is 10.5 Å². The van der Waals surface area contributed by atoms with Crippen molar-refractivity contribution in [1.82, 2.24) is 9.78 Å². The number of primary amides is 1. The summed E-state index contributed by atoms with van der Waals surface area (Å²) in [5, 5.41) is 15.5. The topological polar surface area (TPSA) is 107 Å². The maximum absolute atomic E-state index is 12.2. The smallest absolute Gasteiger partial charge is 0.342 e. The number of aromatic nitrogens is 2. The molecule has 3 aromatic rings. The Bertz CT molecular complexity index is 1110. The lowest BCUT2D eigenvalue weighted by Gasteiger charge is -2.10. The molecule has 1 heterocycles. The van der Waals surface area contributed by atoms with Gasteiger partial charge in [0.1, 0.15) is 0 Å².